The summed E-state index contributed by atoms with van der Waals surface area (Å²) in [6, 6.07) is 5.96. The van der Waals surface area contributed by atoms with Crippen molar-refractivity contribution in [3.8, 4) is 5.75 Å². The highest BCUT2D eigenvalue weighted by molar-refractivity contribution is 5.81. The molecule has 0 aliphatic carbocycles. The average molecular weight is 266 g/mol. The van der Waals surface area contributed by atoms with E-state index < -0.39 is 6.04 Å². The van der Waals surface area contributed by atoms with Crippen LogP contribution in [0.3, 0.4) is 0 Å². The zero-order valence-electron chi connectivity index (χ0n) is 11.4. The number of phenolic OH excluding ortho intramolecular Hbond substituents is 1. The van der Waals surface area contributed by atoms with Crippen molar-refractivity contribution in [1.82, 2.24) is 5.32 Å². The van der Waals surface area contributed by atoms with Gasteiger partial charge in [-0.15, -0.1) is 0 Å². The standard InChI is InChI=1S/C14H22N2O3/c1-14(2,9-17)8-16-13(19)12(15)7-10-3-5-11(18)6-4-10/h3-6,12,17-18H,7-9,15H2,1-2H3,(H,16,19)/t12-/m1/s1. The van der Waals surface area contributed by atoms with Crippen LogP contribution < -0.4 is 11.1 Å². The van der Waals surface area contributed by atoms with Gasteiger partial charge in [0, 0.05) is 18.6 Å². The van der Waals surface area contributed by atoms with E-state index in [-0.39, 0.29) is 23.7 Å². The Balaban J connectivity index is 2.47. The van der Waals surface area contributed by atoms with Crippen molar-refractivity contribution in [3.63, 3.8) is 0 Å². The third-order valence-electron chi connectivity index (χ3n) is 2.90. The van der Waals surface area contributed by atoms with Gasteiger partial charge in [-0.3, -0.25) is 4.79 Å². The third-order valence-corrected chi connectivity index (χ3v) is 2.90. The quantitative estimate of drug-likeness (QED) is 0.599. The molecular formula is C14H22N2O3. The number of carbonyl (C=O) groups is 1. The maximum Gasteiger partial charge on any atom is 0.237 e. The van der Waals surface area contributed by atoms with E-state index >= 15 is 0 Å². The highest BCUT2D eigenvalue weighted by atomic mass is 16.3. The third kappa shape index (κ3) is 5.28. The van der Waals surface area contributed by atoms with Gasteiger partial charge in [0.05, 0.1) is 6.04 Å². The van der Waals surface area contributed by atoms with Gasteiger partial charge in [0.2, 0.25) is 5.91 Å². The molecule has 0 saturated carbocycles. The Hall–Kier alpha value is -1.59. The summed E-state index contributed by atoms with van der Waals surface area (Å²) >= 11 is 0. The lowest BCUT2D eigenvalue weighted by Gasteiger charge is -2.23. The van der Waals surface area contributed by atoms with E-state index in [4.69, 9.17) is 15.9 Å². The fourth-order valence-electron chi connectivity index (χ4n) is 1.49. The predicted molar refractivity (Wildman–Crippen MR) is 73.7 cm³/mol. The van der Waals surface area contributed by atoms with Crippen molar-refractivity contribution in [2.45, 2.75) is 26.3 Å². The number of nitrogens with one attached hydrogen (secondary N) is 1. The smallest absolute Gasteiger partial charge is 0.237 e. The number of aromatic hydroxyl groups is 1. The van der Waals surface area contributed by atoms with Crippen LogP contribution in [0.5, 0.6) is 5.75 Å². The second-order valence-corrected chi connectivity index (χ2v) is 5.52. The molecule has 5 nitrogen and oxygen atoms in total. The first kappa shape index (κ1) is 15.5. The van der Waals surface area contributed by atoms with Crippen molar-refractivity contribution in [3.05, 3.63) is 29.8 Å². The number of phenols is 1. The van der Waals surface area contributed by atoms with Gasteiger partial charge >= 0.3 is 0 Å². The molecule has 0 aliphatic rings. The van der Waals surface area contributed by atoms with Crippen LogP contribution in [0, 0.1) is 5.41 Å². The second-order valence-electron chi connectivity index (χ2n) is 5.52. The molecule has 106 valence electrons. The summed E-state index contributed by atoms with van der Waals surface area (Å²) in [4.78, 5) is 11.8. The monoisotopic (exact) mass is 266 g/mol. The maximum absolute atomic E-state index is 11.8. The van der Waals surface area contributed by atoms with Crippen LogP contribution in [-0.4, -0.2) is 35.3 Å². The number of hydrogen-bond donors (Lipinski definition) is 4. The van der Waals surface area contributed by atoms with Gasteiger partial charge in [0.1, 0.15) is 5.75 Å². The molecule has 0 saturated heterocycles. The van der Waals surface area contributed by atoms with E-state index in [0.29, 0.717) is 13.0 Å². The van der Waals surface area contributed by atoms with E-state index in [2.05, 4.69) is 5.32 Å². The van der Waals surface area contributed by atoms with E-state index in [1.54, 1.807) is 24.3 Å². The Kier molecular flexibility index (Phi) is 5.32. The zero-order valence-corrected chi connectivity index (χ0v) is 11.4. The van der Waals surface area contributed by atoms with Crippen LogP contribution in [0.4, 0.5) is 0 Å². The minimum absolute atomic E-state index is 0.000476. The van der Waals surface area contributed by atoms with E-state index in [1.165, 1.54) is 0 Å². The van der Waals surface area contributed by atoms with Gasteiger partial charge in [-0.25, -0.2) is 0 Å². The Labute approximate surface area is 113 Å². The molecule has 5 heteroatoms. The summed E-state index contributed by atoms with van der Waals surface area (Å²) in [5.41, 5.74) is 6.36. The van der Waals surface area contributed by atoms with Crippen LogP contribution >= 0.6 is 0 Å². The molecule has 1 aromatic carbocycles. The van der Waals surface area contributed by atoms with Crippen molar-refractivity contribution in [1.29, 1.82) is 0 Å². The SMILES string of the molecule is CC(C)(CO)CNC(=O)[C@H](N)Cc1ccc(O)cc1. The molecule has 0 aromatic heterocycles. The second kappa shape index (κ2) is 6.54. The van der Waals surface area contributed by atoms with Crippen molar-refractivity contribution in [2.24, 2.45) is 11.1 Å². The number of aliphatic hydroxyl groups is 1. The summed E-state index contributed by atoms with van der Waals surface area (Å²) in [5, 5.41) is 21.0. The fourth-order valence-corrected chi connectivity index (χ4v) is 1.49. The van der Waals surface area contributed by atoms with Crippen molar-refractivity contribution >= 4 is 5.91 Å². The van der Waals surface area contributed by atoms with Crippen LogP contribution in [0.1, 0.15) is 19.4 Å². The molecule has 0 spiro atoms. The number of aliphatic hydroxyl groups excluding tert-OH is 1. The fraction of sp³-hybridized carbons (Fsp3) is 0.500. The molecule has 0 aliphatic heterocycles. The first-order valence-corrected chi connectivity index (χ1v) is 6.26. The summed E-state index contributed by atoms with van der Waals surface area (Å²) in [5.74, 6) is -0.0546. The molecule has 1 atom stereocenters. The number of carbonyl (C=O) groups excluding carboxylic acids is 1. The molecular weight excluding hydrogens is 244 g/mol. The first-order chi connectivity index (χ1) is 8.84. The summed E-state index contributed by atoms with van der Waals surface area (Å²) < 4.78 is 0. The van der Waals surface area contributed by atoms with Gasteiger partial charge < -0.3 is 21.3 Å². The van der Waals surface area contributed by atoms with Gasteiger partial charge in [-0.2, -0.15) is 0 Å². The molecule has 0 heterocycles. The van der Waals surface area contributed by atoms with E-state index in [1.807, 2.05) is 13.8 Å². The number of hydrogen-bond acceptors (Lipinski definition) is 4. The van der Waals surface area contributed by atoms with E-state index in [0.717, 1.165) is 5.56 Å². The summed E-state index contributed by atoms with van der Waals surface area (Å²) in [6.45, 7) is 4.10. The number of amides is 1. The maximum atomic E-state index is 11.8. The number of nitrogens with two attached hydrogens (primary N) is 1. The molecule has 0 radical (unpaired) electrons. The number of benzene rings is 1. The molecule has 1 amide bonds. The van der Waals surface area contributed by atoms with Gasteiger partial charge in [0.15, 0.2) is 0 Å². The molecule has 0 unspecified atom stereocenters. The van der Waals surface area contributed by atoms with Crippen LogP contribution in [0.2, 0.25) is 0 Å². The van der Waals surface area contributed by atoms with Gasteiger partial charge in [-0.05, 0) is 24.1 Å². The van der Waals surface area contributed by atoms with E-state index in [9.17, 15) is 4.79 Å². The minimum Gasteiger partial charge on any atom is -0.508 e. The predicted octanol–water partition coefficient (Wildman–Crippen LogP) is 0.397. The van der Waals surface area contributed by atoms with Gasteiger partial charge in [0.25, 0.3) is 0 Å². The topological polar surface area (TPSA) is 95.6 Å². The normalized spacial score (nSPS) is 13.1. The molecule has 0 bridgehead atoms. The van der Waals surface area contributed by atoms with Crippen LogP contribution in [-0.2, 0) is 11.2 Å². The Morgan fingerprint density at radius 1 is 1.37 bits per heavy atom. The lowest BCUT2D eigenvalue weighted by atomic mass is 9.95. The summed E-state index contributed by atoms with van der Waals surface area (Å²) in [6.07, 6.45) is 0.408. The largest absolute Gasteiger partial charge is 0.508 e. The lowest BCUT2D eigenvalue weighted by molar-refractivity contribution is -0.122. The first-order valence-electron chi connectivity index (χ1n) is 6.26. The van der Waals surface area contributed by atoms with Crippen molar-refractivity contribution < 1.29 is 15.0 Å². The highest BCUT2D eigenvalue weighted by Crippen LogP contribution is 2.12. The molecule has 1 rings (SSSR count). The lowest BCUT2D eigenvalue weighted by Crippen LogP contribution is -2.45. The molecule has 0 fully saturated rings. The zero-order chi connectivity index (χ0) is 14.5. The Morgan fingerprint density at radius 2 is 1.95 bits per heavy atom. The summed E-state index contributed by atoms with van der Waals surface area (Å²) in [7, 11) is 0. The van der Waals surface area contributed by atoms with Crippen LogP contribution in [0.15, 0.2) is 24.3 Å². The minimum atomic E-state index is -0.640. The van der Waals surface area contributed by atoms with Crippen molar-refractivity contribution in [2.75, 3.05) is 13.2 Å². The van der Waals surface area contributed by atoms with Gasteiger partial charge in [-0.1, -0.05) is 26.0 Å². The average Bonchev–Trinajstić information content (AvgIpc) is 2.38. The molecule has 1 aromatic rings. The highest BCUT2D eigenvalue weighted by Gasteiger charge is 2.20. The molecule has 19 heavy (non-hydrogen) atoms. The van der Waals surface area contributed by atoms with Crippen LogP contribution in [0.25, 0.3) is 0 Å². The number of rotatable bonds is 6. The Morgan fingerprint density at radius 3 is 2.47 bits per heavy atom. The molecule has 5 N–H and O–H groups in total. The Bertz CT molecular complexity index is 415.